The summed E-state index contributed by atoms with van der Waals surface area (Å²) in [6.45, 7) is 1.95. The maximum Gasteiger partial charge on any atom is 0.409 e. The van der Waals surface area contributed by atoms with Gasteiger partial charge in [0, 0.05) is 22.5 Å². The summed E-state index contributed by atoms with van der Waals surface area (Å²) in [5, 5.41) is 0.638. The summed E-state index contributed by atoms with van der Waals surface area (Å²) >= 11 is 8.43. The molecule has 2 nitrogen and oxygen atoms in total. The molecule has 13 heavy (non-hydrogen) atoms. The van der Waals surface area contributed by atoms with E-state index < -0.39 is 5.43 Å². The van der Waals surface area contributed by atoms with Crippen molar-refractivity contribution in [2.75, 3.05) is 0 Å². The second-order valence-electron chi connectivity index (χ2n) is 2.52. The smallest absolute Gasteiger partial charge is 0.409 e. The topological polar surface area (TPSA) is 26.3 Å². The number of rotatable bonds is 2. The van der Waals surface area contributed by atoms with Crippen LogP contribution in [0.5, 0.6) is 5.75 Å². The molecule has 70 valence electrons. The van der Waals surface area contributed by atoms with E-state index in [1.165, 1.54) is 0 Å². The molecule has 0 aromatic heterocycles. The number of carbonyl (C=O) groups is 1. The van der Waals surface area contributed by atoms with Gasteiger partial charge in [-0.05, 0) is 18.6 Å². The van der Waals surface area contributed by atoms with Gasteiger partial charge in [-0.15, -0.1) is 0 Å². The zero-order valence-electron chi connectivity index (χ0n) is 7.01. The third-order valence-electron chi connectivity index (χ3n) is 1.69. The van der Waals surface area contributed by atoms with Crippen molar-refractivity contribution in [1.29, 1.82) is 0 Å². The Morgan fingerprint density at radius 2 is 2.31 bits per heavy atom. The molecule has 0 fully saturated rings. The van der Waals surface area contributed by atoms with Crippen LogP contribution >= 0.6 is 27.5 Å². The van der Waals surface area contributed by atoms with Gasteiger partial charge >= 0.3 is 5.43 Å². The standard InChI is InChI=1S/C9H8BrClO2/c1-6-3-2-4-8(7(6)5-10)13-9(11)12/h2-4H,5H2,1H3. The fraction of sp³-hybridized carbons (Fsp3) is 0.222. The van der Waals surface area contributed by atoms with Crippen LogP contribution in [0.2, 0.25) is 0 Å². The first-order valence-corrected chi connectivity index (χ1v) is 5.17. The van der Waals surface area contributed by atoms with E-state index in [1.54, 1.807) is 6.07 Å². The number of hydrogen-bond donors (Lipinski definition) is 0. The van der Waals surface area contributed by atoms with Crippen LogP contribution in [0.15, 0.2) is 18.2 Å². The number of benzene rings is 1. The lowest BCUT2D eigenvalue weighted by atomic mass is 10.1. The van der Waals surface area contributed by atoms with Crippen molar-refractivity contribution in [3.63, 3.8) is 0 Å². The minimum atomic E-state index is -0.812. The van der Waals surface area contributed by atoms with Crippen molar-refractivity contribution >= 4 is 33.0 Å². The van der Waals surface area contributed by atoms with E-state index in [-0.39, 0.29) is 0 Å². The lowest BCUT2D eigenvalue weighted by Crippen LogP contribution is -2.00. The Kier molecular flexibility index (Phi) is 3.75. The van der Waals surface area contributed by atoms with E-state index in [2.05, 4.69) is 15.9 Å². The summed E-state index contributed by atoms with van der Waals surface area (Å²) < 4.78 is 4.81. The highest BCUT2D eigenvalue weighted by Crippen LogP contribution is 2.24. The van der Waals surface area contributed by atoms with E-state index in [9.17, 15) is 4.79 Å². The van der Waals surface area contributed by atoms with Crippen LogP contribution in [-0.4, -0.2) is 5.43 Å². The number of carbonyl (C=O) groups excluding carboxylic acids is 1. The molecule has 1 aromatic carbocycles. The molecule has 0 bridgehead atoms. The van der Waals surface area contributed by atoms with Crippen LogP contribution in [0, 0.1) is 6.92 Å². The van der Waals surface area contributed by atoms with Crippen molar-refractivity contribution < 1.29 is 9.53 Å². The maximum absolute atomic E-state index is 10.5. The minimum Gasteiger partial charge on any atom is -0.414 e. The second-order valence-corrected chi connectivity index (χ2v) is 3.39. The molecule has 4 heteroatoms. The van der Waals surface area contributed by atoms with E-state index >= 15 is 0 Å². The zero-order chi connectivity index (χ0) is 9.84. The first kappa shape index (κ1) is 10.5. The van der Waals surface area contributed by atoms with Gasteiger partial charge in [-0.1, -0.05) is 28.1 Å². The van der Waals surface area contributed by atoms with E-state index in [0.717, 1.165) is 11.1 Å². The Morgan fingerprint density at radius 1 is 1.62 bits per heavy atom. The van der Waals surface area contributed by atoms with Crippen LogP contribution in [0.25, 0.3) is 0 Å². The van der Waals surface area contributed by atoms with Gasteiger partial charge < -0.3 is 4.74 Å². The van der Waals surface area contributed by atoms with Crippen LogP contribution in [-0.2, 0) is 5.33 Å². The zero-order valence-corrected chi connectivity index (χ0v) is 9.35. The number of hydrogen-bond acceptors (Lipinski definition) is 2. The molecule has 0 aliphatic carbocycles. The van der Waals surface area contributed by atoms with Gasteiger partial charge in [0.25, 0.3) is 0 Å². The normalized spacial score (nSPS) is 9.77. The summed E-state index contributed by atoms with van der Waals surface area (Å²) in [6.07, 6.45) is 0. The number of ether oxygens (including phenoxy) is 1. The van der Waals surface area contributed by atoms with E-state index in [1.807, 2.05) is 19.1 Å². The molecule has 0 atom stereocenters. The highest BCUT2D eigenvalue weighted by Gasteiger charge is 2.07. The molecule has 0 N–H and O–H groups in total. The second kappa shape index (κ2) is 4.63. The molecule has 0 unspecified atom stereocenters. The summed E-state index contributed by atoms with van der Waals surface area (Å²) in [7, 11) is 0. The molecular weight excluding hydrogens is 255 g/mol. The van der Waals surface area contributed by atoms with Crippen molar-refractivity contribution in [2.24, 2.45) is 0 Å². The third kappa shape index (κ3) is 2.71. The highest BCUT2D eigenvalue weighted by molar-refractivity contribution is 9.08. The van der Waals surface area contributed by atoms with Crippen LogP contribution in [0.3, 0.4) is 0 Å². The highest BCUT2D eigenvalue weighted by atomic mass is 79.9. The number of aryl methyl sites for hydroxylation is 1. The van der Waals surface area contributed by atoms with Crippen molar-refractivity contribution in [3.05, 3.63) is 29.3 Å². The molecule has 0 aliphatic rings. The Bertz CT molecular complexity index is 325. The van der Waals surface area contributed by atoms with Gasteiger partial charge in [0.2, 0.25) is 0 Å². The predicted octanol–water partition coefficient (Wildman–Crippen LogP) is 3.63. The molecule has 0 saturated heterocycles. The van der Waals surface area contributed by atoms with Gasteiger partial charge in [0.05, 0.1) is 0 Å². The van der Waals surface area contributed by atoms with Gasteiger partial charge in [0.15, 0.2) is 0 Å². The quantitative estimate of drug-likeness (QED) is 0.602. The number of alkyl halides is 1. The van der Waals surface area contributed by atoms with Crippen molar-refractivity contribution in [3.8, 4) is 5.75 Å². The fourth-order valence-corrected chi connectivity index (χ4v) is 1.83. The molecular formula is C9H8BrClO2. The Labute approximate surface area is 90.0 Å². The third-order valence-corrected chi connectivity index (χ3v) is 2.33. The lowest BCUT2D eigenvalue weighted by molar-refractivity contribution is 0.225. The van der Waals surface area contributed by atoms with Crippen molar-refractivity contribution in [2.45, 2.75) is 12.3 Å². The molecule has 0 aliphatic heterocycles. The number of halogens is 2. The maximum atomic E-state index is 10.5. The van der Waals surface area contributed by atoms with Crippen molar-refractivity contribution in [1.82, 2.24) is 0 Å². The monoisotopic (exact) mass is 262 g/mol. The van der Waals surface area contributed by atoms with Gasteiger partial charge in [-0.25, -0.2) is 4.79 Å². The van der Waals surface area contributed by atoms with Gasteiger partial charge in [-0.2, -0.15) is 0 Å². The Balaban J connectivity index is 3.05. The molecule has 0 heterocycles. The molecule has 0 radical (unpaired) electrons. The summed E-state index contributed by atoms with van der Waals surface area (Å²) in [4.78, 5) is 10.5. The Hall–Kier alpha value is -0.540. The summed E-state index contributed by atoms with van der Waals surface area (Å²) in [6, 6.07) is 5.47. The molecule has 1 rings (SSSR count). The van der Waals surface area contributed by atoms with Crippen LogP contribution < -0.4 is 4.74 Å². The first-order chi connectivity index (χ1) is 6.15. The summed E-state index contributed by atoms with van der Waals surface area (Å²) in [5.41, 5.74) is 1.19. The average Bonchev–Trinajstić information content (AvgIpc) is 2.03. The van der Waals surface area contributed by atoms with Gasteiger partial charge in [0.1, 0.15) is 5.75 Å². The SMILES string of the molecule is Cc1cccc(OC(=O)Cl)c1CBr. The fourth-order valence-electron chi connectivity index (χ4n) is 1.03. The summed E-state index contributed by atoms with van der Waals surface area (Å²) in [5.74, 6) is 0.511. The minimum absolute atomic E-state index is 0.511. The van der Waals surface area contributed by atoms with Crippen LogP contribution in [0.4, 0.5) is 4.79 Å². The molecule has 0 saturated carbocycles. The van der Waals surface area contributed by atoms with E-state index in [4.69, 9.17) is 16.3 Å². The van der Waals surface area contributed by atoms with Crippen LogP contribution in [0.1, 0.15) is 11.1 Å². The van der Waals surface area contributed by atoms with Gasteiger partial charge in [-0.3, -0.25) is 0 Å². The average molecular weight is 264 g/mol. The molecule has 0 amide bonds. The molecule has 0 spiro atoms. The molecule has 1 aromatic rings. The van der Waals surface area contributed by atoms with E-state index in [0.29, 0.717) is 11.1 Å². The Morgan fingerprint density at radius 3 is 2.85 bits per heavy atom. The predicted molar refractivity (Wildman–Crippen MR) is 55.7 cm³/mol. The first-order valence-electron chi connectivity index (χ1n) is 3.67. The largest absolute Gasteiger partial charge is 0.414 e. The lowest BCUT2D eigenvalue weighted by Gasteiger charge is -2.07.